The van der Waals surface area contributed by atoms with Gasteiger partial charge in [0, 0.05) is 0 Å². The molecule has 1 heteroatoms. The molecular formula is C14H29N. The minimum absolute atomic E-state index is 0.536. The van der Waals surface area contributed by atoms with Gasteiger partial charge in [-0.3, -0.25) is 0 Å². The summed E-state index contributed by atoms with van der Waals surface area (Å²) in [7, 11) is 0. The van der Waals surface area contributed by atoms with Crippen LogP contribution in [-0.2, 0) is 0 Å². The van der Waals surface area contributed by atoms with Gasteiger partial charge in [0.2, 0.25) is 0 Å². The average Bonchev–Trinajstić information content (AvgIpc) is 2.69. The van der Waals surface area contributed by atoms with Crippen LogP contribution < -0.4 is 5.73 Å². The van der Waals surface area contributed by atoms with Gasteiger partial charge in [-0.2, -0.15) is 0 Å². The van der Waals surface area contributed by atoms with Gasteiger partial charge in [0.15, 0.2) is 0 Å². The largest absolute Gasteiger partial charge is 0.330 e. The molecule has 0 amide bonds. The highest BCUT2D eigenvalue weighted by atomic mass is 14.6. The SMILES string of the molecule is CCCCCCC1(CN)CCC(CC)C1. The van der Waals surface area contributed by atoms with E-state index in [-0.39, 0.29) is 0 Å². The van der Waals surface area contributed by atoms with Crippen LogP contribution in [-0.4, -0.2) is 6.54 Å². The maximum atomic E-state index is 6.00. The second kappa shape index (κ2) is 6.52. The molecule has 2 unspecified atom stereocenters. The molecule has 0 aliphatic heterocycles. The van der Waals surface area contributed by atoms with E-state index < -0.39 is 0 Å². The molecule has 1 aliphatic rings. The first kappa shape index (κ1) is 13.0. The summed E-state index contributed by atoms with van der Waals surface area (Å²) in [6.45, 7) is 5.53. The summed E-state index contributed by atoms with van der Waals surface area (Å²) >= 11 is 0. The molecule has 1 rings (SSSR count). The van der Waals surface area contributed by atoms with Crippen LogP contribution in [0.25, 0.3) is 0 Å². The van der Waals surface area contributed by atoms with E-state index in [0.717, 1.165) is 12.5 Å². The fraction of sp³-hybridized carbons (Fsp3) is 1.00. The van der Waals surface area contributed by atoms with Crippen molar-refractivity contribution in [2.45, 2.75) is 71.6 Å². The maximum absolute atomic E-state index is 6.00. The lowest BCUT2D eigenvalue weighted by molar-refractivity contribution is 0.259. The van der Waals surface area contributed by atoms with E-state index in [1.54, 1.807) is 0 Å². The Labute approximate surface area is 95.8 Å². The number of rotatable bonds is 7. The number of hydrogen-bond donors (Lipinski definition) is 1. The number of hydrogen-bond acceptors (Lipinski definition) is 1. The molecule has 0 heterocycles. The van der Waals surface area contributed by atoms with Gasteiger partial charge < -0.3 is 5.73 Å². The average molecular weight is 211 g/mol. The van der Waals surface area contributed by atoms with Gasteiger partial charge in [-0.25, -0.2) is 0 Å². The molecular weight excluding hydrogens is 182 g/mol. The van der Waals surface area contributed by atoms with Gasteiger partial charge in [-0.05, 0) is 43.6 Å². The third-order valence-corrected chi connectivity index (χ3v) is 4.38. The van der Waals surface area contributed by atoms with E-state index in [9.17, 15) is 0 Å². The molecule has 0 aromatic carbocycles. The van der Waals surface area contributed by atoms with Crippen molar-refractivity contribution >= 4 is 0 Å². The van der Waals surface area contributed by atoms with E-state index in [1.165, 1.54) is 57.8 Å². The van der Waals surface area contributed by atoms with E-state index in [2.05, 4.69) is 13.8 Å². The number of unbranched alkanes of at least 4 members (excludes halogenated alkanes) is 3. The van der Waals surface area contributed by atoms with Crippen molar-refractivity contribution in [2.24, 2.45) is 17.1 Å². The standard InChI is InChI=1S/C14H29N/c1-3-5-6-7-9-14(12-15)10-8-13(4-2)11-14/h13H,3-12,15H2,1-2H3. The van der Waals surface area contributed by atoms with Crippen LogP contribution in [0.3, 0.4) is 0 Å². The minimum Gasteiger partial charge on any atom is -0.330 e. The molecule has 1 fully saturated rings. The Balaban J connectivity index is 2.28. The first-order valence-electron chi connectivity index (χ1n) is 6.96. The van der Waals surface area contributed by atoms with Crippen LogP contribution in [0.15, 0.2) is 0 Å². The Morgan fingerprint density at radius 2 is 2.00 bits per heavy atom. The van der Waals surface area contributed by atoms with Crippen LogP contribution in [0.2, 0.25) is 0 Å². The van der Waals surface area contributed by atoms with Crippen molar-refractivity contribution in [2.75, 3.05) is 6.54 Å². The molecule has 2 N–H and O–H groups in total. The van der Waals surface area contributed by atoms with Crippen LogP contribution >= 0.6 is 0 Å². The van der Waals surface area contributed by atoms with Crippen molar-refractivity contribution in [3.63, 3.8) is 0 Å². The van der Waals surface area contributed by atoms with E-state index in [4.69, 9.17) is 5.73 Å². The normalized spacial score (nSPS) is 31.0. The topological polar surface area (TPSA) is 26.0 Å². The van der Waals surface area contributed by atoms with Crippen molar-refractivity contribution < 1.29 is 0 Å². The predicted molar refractivity (Wildman–Crippen MR) is 67.9 cm³/mol. The highest BCUT2D eigenvalue weighted by Crippen LogP contribution is 2.45. The Morgan fingerprint density at radius 3 is 2.53 bits per heavy atom. The molecule has 15 heavy (non-hydrogen) atoms. The van der Waals surface area contributed by atoms with Crippen molar-refractivity contribution in [1.29, 1.82) is 0 Å². The highest BCUT2D eigenvalue weighted by molar-refractivity contribution is 4.89. The summed E-state index contributed by atoms with van der Waals surface area (Å²) in [5, 5.41) is 0. The zero-order valence-electron chi connectivity index (χ0n) is 10.7. The quantitative estimate of drug-likeness (QED) is 0.630. The minimum atomic E-state index is 0.536. The van der Waals surface area contributed by atoms with Crippen molar-refractivity contribution in [3.8, 4) is 0 Å². The molecule has 0 aromatic heterocycles. The fourth-order valence-corrected chi connectivity index (χ4v) is 3.12. The molecule has 2 atom stereocenters. The van der Waals surface area contributed by atoms with E-state index >= 15 is 0 Å². The van der Waals surface area contributed by atoms with Crippen LogP contribution in [0.4, 0.5) is 0 Å². The molecule has 0 radical (unpaired) electrons. The molecule has 1 aliphatic carbocycles. The second-order valence-electron chi connectivity index (χ2n) is 5.53. The Morgan fingerprint density at radius 1 is 1.20 bits per heavy atom. The first-order valence-corrected chi connectivity index (χ1v) is 6.96. The summed E-state index contributed by atoms with van der Waals surface area (Å²) < 4.78 is 0. The molecule has 1 nitrogen and oxygen atoms in total. The number of nitrogens with two attached hydrogens (primary N) is 1. The second-order valence-corrected chi connectivity index (χ2v) is 5.53. The summed E-state index contributed by atoms with van der Waals surface area (Å²) in [6.07, 6.45) is 12.5. The Bertz CT molecular complexity index is 167. The van der Waals surface area contributed by atoms with Crippen molar-refractivity contribution in [1.82, 2.24) is 0 Å². The molecule has 0 saturated heterocycles. The summed E-state index contributed by atoms with van der Waals surface area (Å²) in [5.41, 5.74) is 6.54. The van der Waals surface area contributed by atoms with Gasteiger partial charge in [0.25, 0.3) is 0 Å². The van der Waals surface area contributed by atoms with Gasteiger partial charge >= 0.3 is 0 Å². The molecule has 0 aromatic rings. The lowest BCUT2D eigenvalue weighted by Crippen LogP contribution is -2.27. The zero-order valence-corrected chi connectivity index (χ0v) is 10.7. The van der Waals surface area contributed by atoms with Gasteiger partial charge in [0.1, 0.15) is 0 Å². The summed E-state index contributed by atoms with van der Waals surface area (Å²) in [6, 6.07) is 0. The van der Waals surface area contributed by atoms with Gasteiger partial charge in [0.05, 0.1) is 0 Å². The molecule has 0 bridgehead atoms. The maximum Gasteiger partial charge on any atom is -0.00204 e. The lowest BCUT2D eigenvalue weighted by atomic mass is 9.80. The summed E-state index contributed by atoms with van der Waals surface area (Å²) in [5.74, 6) is 0.972. The third kappa shape index (κ3) is 3.79. The smallest absolute Gasteiger partial charge is 0.00204 e. The Kier molecular flexibility index (Phi) is 5.66. The van der Waals surface area contributed by atoms with Crippen LogP contribution in [0, 0.1) is 11.3 Å². The molecule has 1 saturated carbocycles. The van der Waals surface area contributed by atoms with Gasteiger partial charge in [-0.15, -0.1) is 0 Å². The Hall–Kier alpha value is -0.0400. The monoisotopic (exact) mass is 211 g/mol. The molecule has 90 valence electrons. The van der Waals surface area contributed by atoms with E-state index in [1.807, 2.05) is 0 Å². The predicted octanol–water partition coefficient (Wildman–Crippen LogP) is 4.11. The van der Waals surface area contributed by atoms with Gasteiger partial charge in [-0.1, -0.05) is 46.0 Å². The lowest BCUT2D eigenvalue weighted by Gasteiger charge is -2.27. The van der Waals surface area contributed by atoms with Crippen LogP contribution in [0.1, 0.15) is 71.6 Å². The fourth-order valence-electron chi connectivity index (χ4n) is 3.12. The highest BCUT2D eigenvalue weighted by Gasteiger charge is 2.36. The van der Waals surface area contributed by atoms with E-state index in [0.29, 0.717) is 5.41 Å². The van der Waals surface area contributed by atoms with Crippen LogP contribution in [0.5, 0.6) is 0 Å². The van der Waals surface area contributed by atoms with Crippen molar-refractivity contribution in [3.05, 3.63) is 0 Å². The first-order chi connectivity index (χ1) is 7.26. The third-order valence-electron chi connectivity index (χ3n) is 4.38. The summed E-state index contributed by atoms with van der Waals surface area (Å²) in [4.78, 5) is 0. The zero-order chi connectivity index (χ0) is 11.1. The molecule has 0 spiro atoms.